The van der Waals surface area contributed by atoms with Gasteiger partial charge < -0.3 is 15.1 Å². The van der Waals surface area contributed by atoms with Crippen LogP contribution >= 0.6 is 0 Å². The van der Waals surface area contributed by atoms with E-state index in [1.165, 1.54) is 0 Å². The van der Waals surface area contributed by atoms with Gasteiger partial charge in [0.1, 0.15) is 0 Å². The molecule has 0 aromatic rings. The van der Waals surface area contributed by atoms with Crippen LogP contribution in [0.25, 0.3) is 0 Å². The number of likely N-dealkylation sites (N-methyl/N-ethyl adjacent to an activating group) is 3. The Balaban J connectivity index is 4.43. The maximum atomic E-state index is 10.9. The minimum absolute atomic E-state index is 0.0314. The average Bonchev–Trinajstić information content (AvgIpc) is 2.52. The van der Waals surface area contributed by atoms with Gasteiger partial charge in [-0.15, -0.1) is 0 Å². The zero-order valence-electron chi connectivity index (χ0n) is 16.6. The third-order valence-corrected chi connectivity index (χ3v) is 4.85. The Hall–Kier alpha value is -1.18. The summed E-state index contributed by atoms with van der Waals surface area (Å²) >= 11 is 0. The first-order valence-corrected chi connectivity index (χ1v) is 9.39. The van der Waals surface area contributed by atoms with Crippen molar-refractivity contribution < 1.29 is 19.8 Å². The van der Waals surface area contributed by atoms with E-state index < -0.39 is 11.9 Å². The Labute approximate surface area is 152 Å². The summed E-state index contributed by atoms with van der Waals surface area (Å²) in [6.07, 6.45) is 0.326. The minimum Gasteiger partial charge on any atom is -0.481 e. The van der Waals surface area contributed by atoms with Crippen LogP contribution in [0.2, 0.25) is 0 Å². The quantitative estimate of drug-likeness (QED) is 0.460. The normalized spacial score (nSPS) is 14.2. The first-order valence-electron chi connectivity index (χ1n) is 9.39. The fourth-order valence-electron chi connectivity index (χ4n) is 3.11. The second-order valence-corrected chi connectivity index (χ2v) is 6.59. The number of aliphatic carboxylic acids is 2. The molecule has 7 heteroatoms. The number of rotatable bonds is 15. The van der Waals surface area contributed by atoms with Crippen LogP contribution < -0.4 is 0 Å². The van der Waals surface area contributed by atoms with Gasteiger partial charge in [-0.25, -0.2) is 0 Å². The molecular weight excluding hydrogens is 322 g/mol. The molecule has 0 saturated carbocycles. The molecule has 2 N–H and O–H groups in total. The highest BCUT2D eigenvalue weighted by Gasteiger charge is 2.18. The molecular formula is C18H37N3O4. The van der Waals surface area contributed by atoms with Gasteiger partial charge in [-0.05, 0) is 33.5 Å². The van der Waals surface area contributed by atoms with Crippen molar-refractivity contribution in [1.82, 2.24) is 14.7 Å². The molecule has 0 aromatic heterocycles. The molecule has 0 spiro atoms. The summed E-state index contributed by atoms with van der Waals surface area (Å²) in [6, 6.07) is 0.0628. The van der Waals surface area contributed by atoms with E-state index in [0.717, 1.165) is 45.8 Å². The zero-order chi connectivity index (χ0) is 19.4. The first-order chi connectivity index (χ1) is 11.7. The maximum absolute atomic E-state index is 10.9. The smallest absolute Gasteiger partial charge is 0.304 e. The second-order valence-electron chi connectivity index (χ2n) is 6.59. The van der Waals surface area contributed by atoms with E-state index in [2.05, 4.69) is 35.5 Å². The van der Waals surface area contributed by atoms with E-state index in [9.17, 15) is 9.59 Å². The molecule has 0 aliphatic rings. The number of carboxylic acid groups (broad SMARTS) is 2. The van der Waals surface area contributed by atoms with Gasteiger partial charge in [-0.2, -0.15) is 0 Å². The molecule has 0 saturated heterocycles. The largest absolute Gasteiger partial charge is 0.481 e. The van der Waals surface area contributed by atoms with E-state index in [0.29, 0.717) is 0 Å². The maximum Gasteiger partial charge on any atom is 0.304 e. The Morgan fingerprint density at radius 3 is 1.32 bits per heavy atom. The van der Waals surface area contributed by atoms with Crippen molar-refractivity contribution in [1.29, 1.82) is 0 Å². The van der Waals surface area contributed by atoms with E-state index in [4.69, 9.17) is 10.2 Å². The number of hydrogen-bond acceptors (Lipinski definition) is 5. The van der Waals surface area contributed by atoms with Crippen LogP contribution in [-0.4, -0.2) is 94.7 Å². The Morgan fingerprint density at radius 2 is 1.08 bits per heavy atom. The van der Waals surface area contributed by atoms with Gasteiger partial charge in [0, 0.05) is 38.3 Å². The van der Waals surface area contributed by atoms with Gasteiger partial charge in [0.25, 0.3) is 0 Å². The van der Waals surface area contributed by atoms with Crippen molar-refractivity contribution in [3.8, 4) is 0 Å². The highest BCUT2D eigenvalue weighted by Crippen LogP contribution is 2.06. The lowest BCUT2D eigenvalue weighted by molar-refractivity contribution is -0.139. The van der Waals surface area contributed by atoms with Crippen LogP contribution in [0.5, 0.6) is 0 Å². The number of hydrogen-bond donors (Lipinski definition) is 2. The summed E-state index contributed by atoms with van der Waals surface area (Å²) in [5, 5.41) is 17.9. The lowest BCUT2D eigenvalue weighted by atomic mass is 10.2. The molecule has 0 heterocycles. The fourth-order valence-corrected chi connectivity index (χ4v) is 3.11. The van der Waals surface area contributed by atoms with Crippen molar-refractivity contribution in [2.24, 2.45) is 0 Å². The SMILES string of the molecule is CCN(CCN(CC)C(C)CC(=O)O)CCN(CC)C(C)CC(=O)O. The summed E-state index contributed by atoms with van der Waals surface area (Å²) in [4.78, 5) is 28.5. The van der Waals surface area contributed by atoms with Crippen molar-refractivity contribution in [2.45, 2.75) is 59.5 Å². The Kier molecular flexibility index (Phi) is 12.5. The molecule has 0 radical (unpaired) electrons. The van der Waals surface area contributed by atoms with Gasteiger partial charge >= 0.3 is 11.9 Å². The van der Waals surface area contributed by atoms with Crippen LogP contribution in [0.3, 0.4) is 0 Å². The summed E-state index contributed by atoms with van der Waals surface area (Å²) in [6.45, 7) is 16.2. The Morgan fingerprint density at radius 1 is 0.720 bits per heavy atom. The summed E-state index contributed by atoms with van der Waals surface area (Å²) in [5.41, 5.74) is 0. The molecule has 0 bridgehead atoms. The molecule has 25 heavy (non-hydrogen) atoms. The fraction of sp³-hybridized carbons (Fsp3) is 0.889. The van der Waals surface area contributed by atoms with Crippen LogP contribution in [0.1, 0.15) is 47.5 Å². The van der Waals surface area contributed by atoms with Crippen LogP contribution in [0.4, 0.5) is 0 Å². The lowest BCUT2D eigenvalue weighted by Crippen LogP contribution is -2.44. The van der Waals surface area contributed by atoms with Crippen LogP contribution in [0, 0.1) is 0 Å². The predicted octanol–water partition coefficient (Wildman–Crippen LogP) is 1.68. The van der Waals surface area contributed by atoms with Crippen LogP contribution in [0.15, 0.2) is 0 Å². The van der Waals surface area contributed by atoms with Gasteiger partial charge in [-0.3, -0.25) is 19.4 Å². The topological polar surface area (TPSA) is 84.3 Å². The molecule has 2 unspecified atom stereocenters. The van der Waals surface area contributed by atoms with Crippen molar-refractivity contribution in [3.05, 3.63) is 0 Å². The molecule has 2 atom stereocenters. The molecule has 0 amide bonds. The van der Waals surface area contributed by atoms with Crippen LogP contribution in [-0.2, 0) is 9.59 Å². The number of carboxylic acids is 2. The van der Waals surface area contributed by atoms with E-state index in [-0.39, 0.29) is 24.9 Å². The van der Waals surface area contributed by atoms with Gasteiger partial charge in [-0.1, -0.05) is 20.8 Å². The lowest BCUT2D eigenvalue weighted by Gasteiger charge is -2.32. The molecule has 0 fully saturated rings. The van der Waals surface area contributed by atoms with Gasteiger partial charge in [0.15, 0.2) is 0 Å². The first kappa shape index (κ1) is 23.8. The predicted molar refractivity (Wildman–Crippen MR) is 100 cm³/mol. The highest BCUT2D eigenvalue weighted by molar-refractivity contribution is 5.67. The second kappa shape index (κ2) is 13.1. The van der Waals surface area contributed by atoms with Crippen molar-refractivity contribution in [3.63, 3.8) is 0 Å². The zero-order valence-corrected chi connectivity index (χ0v) is 16.6. The van der Waals surface area contributed by atoms with Gasteiger partial charge in [0.2, 0.25) is 0 Å². The summed E-state index contributed by atoms with van der Waals surface area (Å²) < 4.78 is 0. The third-order valence-electron chi connectivity index (χ3n) is 4.85. The van der Waals surface area contributed by atoms with E-state index in [1.54, 1.807) is 0 Å². The average molecular weight is 360 g/mol. The summed E-state index contributed by atoms with van der Waals surface area (Å²) in [7, 11) is 0. The number of carbonyl (C=O) groups is 2. The minimum atomic E-state index is -0.760. The molecule has 148 valence electrons. The van der Waals surface area contributed by atoms with E-state index >= 15 is 0 Å². The highest BCUT2D eigenvalue weighted by atomic mass is 16.4. The molecule has 0 rings (SSSR count). The molecule has 0 aliphatic heterocycles. The molecule has 0 aliphatic carbocycles. The number of nitrogens with zero attached hydrogens (tertiary/aromatic N) is 3. The summed E-state index contributed by atoms with van der Waals surface area (Å²) in [5.74, 6) is -1.52. The van der Waals surface area contributed by atoms with Crippen molar-refractivity contribution in [2.75, 3.05) is 45.8 Å². The third kappa shape index (κ3) is 10.4. The van der Waals surface area contributed by atoms with Gasteiger partial charge in [0.05, 0.1) is 12.8 Å². The Bertz CT molecular complexity index is 359. The standard InChI is InChI=1S/C18H37N3O4/c1-6-19(9-11-20(7-2)15(4)13-17(22)23)10-12-21(8-3)16(5)14-18(24)25/h15-16H,6-14H2,1-5H3,(H,22,23)(H,24,25). The molecule has 7 nitrogen and oxygen atoms in total. The van der Waals surface area contributed by atoms with E-state index in [1.807, 2.05) is 13.8 Å². The monoisotopic (exact) mass is 359 g/mol. The van der Waals surface area contributed by atoms with Crippen molar-refractivity contribution >= 4 is 11.9 Å². The molecule has 0 aromatic carbocycles.